The van der Waals surface area contributed by atoms with Gasteiger partial charge in [-0.2, -0.15) is 0 Å². The normalized spacial score (nSPS) is 10.9. The van der Waals surface area contributed by atoms with Crippen molar-refractivity contribution in [2.45, 2.75) is 6.92 Å². The maximum atomic E-state index is 14.4. The van der Waals surface area contributed by atoms with E-state index in [1.54, 1.807) is 36.5 Å². The molecule has 4 rings (SSSR count). The Hall–Kier alpha value is -3.25. The van der Waals surface area contributed by atoms with Crippen molar-refractivity contribution in [2.24, 2.45) is 0 Å². The number of nitrogen functional groups attached to an aromatic ring is 1. The van der Waals surface area contributed by atoms with Crippen LogP contribution in [0.5, 0.6) is 0 Å². The van der Waals surface area contributed by atoms with Crippen LogP contribution >= 0.6 is 11.3 Å². The maximum absolute atomic E-state index is 14.4. The number of aromatic nitrogens is 1. The number of carbonyl (C=O) groups excluding carboxylic acids is 1. The standard InChI is InChI=1S/C21H16FN3OS/c1-12-8-9-16(18(19(12)23)14-6-2-3-7-15(14)22)25-20(26)17-11-13-5-4-10-24-21(13)27-17/h2-11H,23H2,1H3,(H,25,26). The Morgan fingerprint density at radius 1 is 1.15 bits per heavy atom. The van der Waals surface area contributed by atoms with Crippen LogP contribution in [-0.2, 0) is 0 Å². The summed E-state index contributed by atoms with van der Waals surface area (Å²) in [6, 6.07) is 15.5. The third kappa shape index (κ3) is 3.15. The number of hydrogen-bond donors (Lipinski definition) is 2. The molecule has 0 atom stereocenters. The number of anilines is 2. The summed E-state index contributed by atoms with van der Waals surface area (Å²) in [6.07, 6.45) is 1.69. The Kier molecular flexibility index (Phi) is 4.33. The van der Waals surface area contributed by atoms with Crippen LogP contribution in [-0.4, -0.2) is 10.9 Å². The van der Waals surface area contributed by atoms with Crippen molar-refractivity contribution in [3.05, 3.63) is 77.1 Å². The molecule has 4 aromatic rings. The summed E-state index contributed by atoms with van der Waals surface area (Å²) >= 11 is 1.31. The van der Waals surface area contributed by atoms with Gasteiger partial charge in [-0.25, -0.2) is 9.37 Å². The average Bonchev–Trinajstić information content (AvgIpc) is 3.10. The number of fused-ring (bicyclic) bond motifs is 1. The zero-order valence-corrected chi connectivity index (χ0v) is 15.3. The zero-order chi connectivity index (χ0) is 19.0. The molecule has 0 saturated carbocycles. The lowest BCUT2D eigenvalue weighted by Gasteiger charge is -2.16. The van der Waals surface area contributed by atoms with Gasteiger partial charge < -0.3 is 11.1 Å². The minimum Gasteiger partial charge on any atom is -0.398 e. The van der Waals surface area contributed by atoms with Crippen LogP contribution in [0.4, 0.5) is 15.8 Å². The van der Waals surface area contributed by atoms with E-state index in [1.807, 2.05) is 25.1 Å². The van der Waals surface area contributed by atoms with Crippen LogP contribution < -0.4 is 11.1 Å². The van der Waals surface area contributed by atoms with Crippen molar-refractivity contribution in [1.29, 1.82) is 0 Å². The van der Waals surface area contributed by atoms with Gasteiger partial charge in [0.05, 0.1) is 10.6 Å². The molecule has 0 radical (unpaired) electrons. The first-order chi connectivity index (χ1) is 13.0. The van der Waals surface area contributed by atoms with E-state index in [2.05, 4.69) is 10.3 Å². The Morgan fingerprint density at radius 2 is 1.96 bits per heavy atom. The minimum atomic E-state index is -0.392. The Balaban J connectivity index is 1.77. The van der Waals surface area contributed by atoms with Gasteiger partial charge in [0.25, 0.3) is 5.91 Å². The number of amides is 1. The molecular formula is C21H16FN3OS. The molecule has 0 spiro atoms. The first kappa shape index (κ1) is 17.2. The lowest BCUT2D eigenvalue weighted by atomic mass is 9.98. The number of halogens is 1. The summed E-state index contributed by atoms with van der Waals surface area (Å²) in [7, 11) is 0. The van der Waals surface area contributed by atoms with Gasteiger partial charge in [-0.15, -0.1) is 11.3 Å². The summed E-state index contributed by atoms with van der Waals surface area (Å²) in [4.78, 5) is 18.4. The molecule has 2 aromatic carbocycles. The lowest BCUT2D eigenvalue weighted by molar-refractivity contribution is 0.103. The fourth-order valence-electron chi connectivity index (χ4n) is 2.95. The van der Waals surface area contributed by atoms with Gasteiger partial charge in [0, 0.05) is 28.4 Å². The van der Waals surface area contributed by atoms with Gasteiger partial charge in [-0.1, -0.05) is 30.3 Å². The number of aryl methyl sites for hydroxylation is 1. The molecule has 0 aliphatic heterocycles. The van der Waals surface area contributed by atoms with Crippen LogP contribution in [0.15, 0.2) is 60.8 Å². The molecule has 0 unspecified atom stereocenters. The largest absolute Gasteiger partial charge is 0.398 e. The fraction of sp³-hybridized carbons (Fsp3) is 0.0476. The number of carbonyl (C=O) groups is 1. The zero-order valence-electron chi connectivity index (χ0n) is 14.5. The van der Waals surface area contributed by atoms with Crippen LogP contribution in [0.3, 0.4) is 0 Å². The number of rotatable bonds is 3. The van der Waals surface area contributed by atoms with Crippen molar-refractivity contribution in [1.82, 2.24) is 4.98 Å². The van der Waals surface area contributed by atoms with E-state index >= 15 is 0 Å². The predicted molar refractivity (Wildman–Crippen MR) is 109 cm³/mol. The number of nitrogens with one attached hydrogen (secondary N) is 1. The topological polar surface area (TPSA) is 68.0 Å². The second-order valence-corrected chi connectivity index (χ2v) is 7.19. The van der Waals surface area contributed by atoms with Crippen LogP contribution in [0.25, 0.3) is 21.3 Å². The molecule has 0 saturated heterocycles. The molecule has 0 aliphatic carbocycles. The van der Waals surface area contributed by atoms with E-state index in [0.717, 1.165) is 15.8 Å². The summed E-state index contributed by atoms with van der Waals surface area (Å²) in [5, 5.41) is 3.79. The van der Waals surface area contributed by atoms with Gasteiger partial charge in [0.1, 0.15) is 10.6 Å². The molecule has 134 valence electrons. The lowest BCUT2D eigenvalue weighted by Crippen LogP contribution is -2.12. The van der Waals surface area contributed by atoms with Crippen molar-refractivity contribution in [3.63, 3.8) is 0 Å². The average molecular weight is 377 g/mol. The van der Waals surface area contributed by atoms with Crippen LogP contribution in [0.1, 0.15) is 15.2 Å². The Morgan fingerprint density at radius 3 is 2.74 bits per heavy atom. The summed E-state index contributed by atoms with van der Waals surface area (Å²) in [5.74, 6) is -0.671. The van der Waals surface area contributed by atoms with Crippen molar-refractivity contribution < 1.29 is 9.18 Å². The molecule has 0 aliphatic rings. The Labute approximate surface area is 159 Å². The first-order valence-corrected chi connectivity index (χ1v) is 9.16. The number of thiophene rings is 1. The molecule has 2 heterocycles. The third-order valence-corrected chi connectivity index (χ3v) is 5.43. The molecule has 6 heteroatoms. The molecule has 2 aromatic heterocycles. The second-order valence-electron chi connectivity index (χ2n) is 6.16. The summed E-state index contributed by atoms with van der Waals surface area (Å²) in [6.45, 7) is 1.85. The predicted octanol–water partition coefficient (Wildman–Crippen LogP) is 5.25. The number of hydrogen-bond acceptors (Lipinski definition) is 4. The molecule has 3 N–H and O–H groups in total. The molecular weight excluding hydrogens is 361 g/mol. The minimum absolute atomic E-state index is 0.279. The molecule has 4 nitrogen and oxygen atoms in total. The fourth-order valence-corrected chi connectivity index (χ4v) is 3.85. The highest BCUT2D eigenvalue weighted by Crippen LogP contribution is 2.37. The SMILES string of the molecule is Cc1ccc(NC(=O)c2cc3cccnc3s2)c(-c2ccccc2F)c1N. The number of nitrogens with two attached hydrogens (primary N) is 1. The summed E-state index contributed by atoms with van der Waals surface area (Å²) < 4.78 is 14.4. The number of pyridine rings is 1. The number of benzene rings is 2. The highest BCUT2D eigenvalue weighted by Gasteiger charge is 2.18. The van der Waals surface area contributed by atoms with E-state index in [-0.39, 0.29) is 5.91 Å². The monoisotopic (exact) mass is 377 g/mol. The van der Waals surface area contributed by atoms with E-state index in [4.69, 9.17) is 5.73 Å². The molecule has 1 amide bonds. The second kappa shape index (κ2) is 6.81. The van der Waals surface area contributed by atoms with Crippen LogP contribution in [0.2, 0.25) is 0 Å². The van der Waals surface area contributed by atoms with E-state index in [9.17, 15) is 9.18 Å². The summed E-state index contributed by atoms with van der Waals surface area (Å²) in [5.41, 5.74) is 8.80. The quantitative estimate of drug-likeness (QED) is 0.480. The highest BCUT2D eigenvalue weighted by molar-refractivity contribution is 7.20. The van der Waals surface area contributed by atoms with E-state index < -0.39 is 5.82 Å². The van der Waals surface area contributed by atoms with Crippen molar-refractivity contribution in [2.75, 3.05) is 11.1 Å². The van der Waals surface area contributed by atoms with Gasteiger partial charge in [-0.05, 0) is 36.8 Å². The first-order valence-electron chi connectivity index (χ1n) is 8.34. The maximum Gasteiger partial charge on any atom is 0.265 e. The van der Waals surface area contributed by atoms with Gasteiger partial charge in [0.2, 0.25) is 0 Å². The highest BCUT2D eigenvalue weighted by atomic mass is 32.1. The number of nitrogens with zero attached hydrogens (tertiary/aromatic N) is 1. The molecule has 0 fully saturated rings. The van der Waals surface area contributed by atoms with Gasteiger partial charge in [-0.3, -0.25) is 4.79 Å². The smallest absolute Gasteiger partial charge is 0.265 e. The molecule has 0 bridgehead atoms. The van der Waals surface area contributed by atoms with Crippen LogP contribution in [0, 0.1) is 12.7 Å². The third-order valence-electron chi connectivity index (χ3n) is 4.37. The molecule has 27 heavy (non-hydrogen) atoms. The van der Waals surface area contributed by atoms with Gasteiger partial charge in [0.15, 0.2) is 0 Å². The van der Waals surface area contributed by atoms with Crippen molar-refractivity contribution in [3.8, 4) is 11.1 Å². The van der Waals surface area contributed by atoms with E-state index in [1.165, 1.54) is 17.4 Å². The van der Waals surface area contributed by atoms with Crippen molar-refractivity contribution >= 4 is 38.8 Å². The Bertz CT molecular complexity index is 1140. The van der Waals surface area contributed by atoms with Gasteiger partial charge >= 0.3 is 0 Å². The van der Waals surface area contributed by atoms with E-state index in [0.29, 0.717) is 27.4 Å².